The molecular weight excluding hydrogens is 192 g/mol. The third-order valence-corrected chi connectivity index (χ3v) is 1.98. The first-order valence-electron chi connectivity index (χ1n) is 4.88. The molecule has 0 spiro atoms. The smallest absolute Gasteiger partial charge is 0.251 e. The molecule has 15 heavy (non-hydrogen) atoms. The van der Waals surface area contributed by atoms with Crippen molar-refractivity contribution >= 4 is 5.91 Å². The minimum atomic E-state index is -0.536. The van der Waals surface area contributed by atoms with Gasteiger partial charge in [-0.3, -0.25) is 4.79 Å². The second-order valence-electron chi connectivity index (χ2n) is 3.46. The molecule has 0 aliphatic carbocycles. The summed E-state index contributed by atoms with van der Waals surface area (Å²) < 4.78 is 0. The van der Waals surface area contributed by atoms with Gasteiger partial charge in [-0.2, -0.15) is 0 Å². The number of aliphatic hydroxyl groups excluding tert-OH is 1. The van der Waals surface area contributed by atoms with Crippen LogP contribution in [-0.2, 0) is 6.54 Å². The van der Waals surface area contributed by atoms with Crippen LogP contribution in [0.4, 0.5) is 0 Å². The maximum atomic E-state index is 11.6. The summed E-state index contributed by atoms with van der Waals surface area (Å²) in [5, 5.41) is 11.6. The van der Waals surface area contributed by atoms with Gasteiger partial charge in [0.15, 0.2) is 0 Å². The van der Waals surface area contributed by atoms with Gasteiger partial charge in [0.05, 0.1) is 6.10 Å². The minimum absolute atomic E-state index is 0.189. The number of aliphatic hydroxyl groups is 1. The lowest BCUT2D eigenvalue weighted by molar-refractivity contribution is 0.0924. The average molecular weight is 208 g/mol. The molecule has 0 bridgehead atoms. The van der Waals surface area contributed by atoms with Crippen molar-refractivity contribution in [1.29, 1.82) is 0 Å². The van der Waals surface area contributed by atoms with E-state index in [1.54, 1.807) is 25.1 Å². The predicted octanol–water partition coefficient (Wildman–Crippen LogP) is 0.256. The zero-order valence-electron chi connectivity index (χ0n) is 8.73. The second kappa shape index (κ2) is 5.48. The lowest BCUT2D eigenvalue weighted by atomic mass is 10.1. The number of benzene rings is 1. The van der Waals surface area contributed by atoms with Gasteiger partial charge >= 0.3 is 0 Å². The number of amides is 1. The van der Waals surface area contributed by atoms with E-state index in [4.69, 9.17) is 10.8 Å². The van der Waals surface area contributed by atoms with Crippen LogP contribution in [0, 0.1) is 0 Å². The fraction of sp³-hybridized carbons (Fsp3) is 0.364. The molecule has 1 amide bonds. The second-order valence-corrected chi connectivity index (χ2v) is 3.46. The van der Waals surface area contributed by atoms with Crippen LogP contribution in [-0.4, -0.2) is 23.7 Å². The number of carbonyl (C=O) groups is 1. The van der Waals surface area contributed by atoms with E-state index in [1.807, 2.05) is 6.07 Å². The van der Waals surface area contributed by atoms with Crippen molar-refractivity contribution in [3.63, 3.8) is 0 Å². The van der Waals surface area contributed by atoms with Crippen molar-refractivity contribution in [2.24, 2.45) is 5.73 Å². The Morgan fingerprint density at radius 2 is 2.33 bits per heavy atom. The van der Waals surface area contributed by atoms with Crippen LogP contribution in [0.3, 0.4) is 0 Å². The van der Waals surface area contributed by atoms with Crippen molar-refractivity contribution in [3.05, 3.63) is 35.4 Å². The standard InChI is InChI=1S/C11H16N2O2/c1-8(14)7-13-11(15)10-4-2-3-9(5-10)6-12/h2-5,8,14H,6-7,12H2,1H3,(H,13,15). The minimum Gasteiger partial charge on any atom is -0.392 e. The van der Waals surface area contributed by atoms with E-state index in [-0.39, 0.29) is 12.5 Å². The Labute approximate surface area is 89.1 Å². The van der Waals surface area contributed by atoms with Gasteiger partial charge < -0.3 is 16.2 Å². The van der Waals surface area contributed by atoms with Crippen LogP contribution in [0.1, 0.15) is 22.8 Å². The summed E-state index contributed by atoms with van der Waals surface area (Å²) in [5.74, 6) is -0.189. The van der Waals surface area contributed by atoms with Gasteiger partial charge in [0.2, 0.25) is 0 Å². The molecule has 0 radical (unpaired) electrons. The molecule has 1 rings (SSSR count). The first-order chi connectivity index (χ1) is 7.13. The Bertz CT molecular complexity index is 337. The molecule has 0 heterocycles. The van der Waals surface area contributed by atoms with Crippen LogP contribution < -0.4 is 11.1 Å². The summed E-state index contributed by atoms with van der Waals surface area (Å²) in [7, 11) is 0. The molecule has 0 saturated carbocycles. The normalized spacial score (nSPS) is 12.2. The van der Waals surface area contributed by atoms with Crippen LogP contribution in [0.25, 0.3) is 0 Å². The topological polar surface area (TPSA) is 75.3 Å². The molecule has 1 aromatic rings. The largest absolute Gasteiger partial charge is 0.392 e. The molecule has 4 nitrogen and oxygen atoms in total. The summed E-state index contributed by atoms with van der Waals surface area (Å²) >= 11 is 0. The highest BCUT2D eigenvalue weighted by Crippen LogP contribution is 2.04. The quantitative estimate of drug-likeness (QED) is 0.664. The average Bonchev–Trinajstić information content (AvgIpc) is 2.26. The Morgan fingerprint density at radius 3 is 2.93 bits per heavy atom. The zero-order chi connectivity index (χ0) is 11.3. The van der Waals surface area contributed by atoms with E-state index >= 15 is 0 Å². The maximum absolute atomic E-state index is 11.6. The first-order valence-corrected chi connectivity index (χ1v) is 4.88. The number of hydrogen-bond donors (Lipinski definition) is 3. The summed E-state index contributed by atoms with van der Waals surface area (Å²) in [4.78, 5) is 11.6. The van der Waals surface area contributed by atoms with Crippen LogP contribution in [0.15, 0.2) is 24.3 Å². The monoisotopic (exact) mass is 208 g/mol. The lowest BCUT2D eigenvalue weighted by Crippen LogP contribution is -2.30. The first kappa shape index (κ1) is 11.7. The fourth-order valence-corrected chi connectivity index (χ4v) is 1.18. The summed E-state index contributed by atoms with van der Waals surface area (Å²) in [5.41, 5.74) is 6.95. The number of rotatable bonds is 4. The fourth-order valence-electron chi connectivity index (χ4n) is 1.18. The van der Waals surface area contributed by atoms with E-state index < -0.39 is 6.10 Å². The molecule has 0 saturated heterocycles. The molecule has 0 aromatic heterocycles. The molecule has 1 unspecified atom stereocenters. The van der Waals surface area contributed by atoms with Crippen LogP contribution >= 0.6 is 0 Å². The van der Waals surface area contributed by atoms with Gasteiger partial charge in [0.25, 0.3) is 5.91 Å². The van der Waals surface area contributed by atoms with E-state index in [0.29, 0.717) is 12.1 Å². The van der Waals surface area contributed by atoms with Crippen molar-refractivity contribution in [1.82, 2.24) is 5.32 Å². The number of nitrogens with two attached hydrogens (primary N) is 1. The van der Waals surface area contributed by atoms with Crippen LogP contribution in [0.5, 0.6) is 0 Å². The zero-order valence-corrected chi connectivity index (χ0v) is 8.73. The molecule has 0 fully saturated rings. The van der Waals surface area contributed by atoms with E-state index in [0.717, 1.165) is 5.56 Å². The van der Waals surface area contributed by atoms with E-state index in [9.17, 15) is 4.79 Å². The molecule has 4 heteroatoms. The van der Waals surface area contributed by atoms with Crippen molar-refractivity contribution in [2.45, 2.75) is 19.6 Å². The third kappa shape index (κ3) is 3.69. The number of hydrogen-bond acceptors (Lipinski definition) is 3. The molecule has 1 atom stereocenters. The summed E-state index contributed by atoms with van der Waals surface area (Å²) in [6.45, 7) is 2.29. The predicted molar refractivity (Wildman–Crippen MR) is 58.3 cm³/mol. The third-order valence-electron chi connectivity index (χ3n) is 1.98. The molecule has 1 aromatic carbocycles. The molecule has 0 aliphatic rings. The lowest BCUT2D eigenvalue weighted by Gasteiger charge is -2.07. The summed E-state index contributed by atoms with van der Waals surface area (Å²) in [6, 6.07) is 7.12. The highest BCUT2D eigenvalue weighted by molar-refractivity contribution is 5.94. The molecule has 82 valence electrons. The molecule has 0 aliphatic heterocycles. The SMILES string of the molecule is CC(O)CNC(=O)c1cccc(CN)c1. The van der Waals surface area contributed by atoms with Gasteiger partial charge in [-0.25, -0.2) is 0 Å². The van der Waals surface area contributed by atoms with Crippen molar-refractivity contribution < 1.29 is 9.90 Å². The molecule has 4 N–H and O–H groups in total. The Balaban J connectivity index is 2.65. The highest BCUT2D eigenvalue weighted by atomic mass is 16.3. The Morgan fingerprint density at radius 1 is 1.60 bits per heavy atom. The van der Waals surface area contributed by atoms with Gasteiger partial charge in [0.1, 0.15) is 0 Å². The molecular formula is C11H16N2O2. The number of carbonyl (C=O) groups excluding carboxylic acids is 1. The van der Waals surface area contributed by atoms with Gasteiger partial charge in [-0.15, -0.1) is 0 Å². The highest BCUT2D eigenvalue weighted by Gasteiger charge is 2.06. The maximum Gasteiger partial charge on any atom is 0.251 e. The van der Waals surface area contributed by atoms with E-state index in [2.05, 4.69) is 5.32 Å². The van der Waals surface area contributed by atoms with Gasteiger partial charge in [-0.05, 0) is 24.6 Å². The summed E-state index contributed by atoms with van der Waals surface area (Å²) in [6.07, 6.45) is -0.536. The van der Waals surface area contributed by atoms with Crippen molar-refractivity contribution in [2.75, 3.05) is 6.54 Å². The van der Waals surface area contributed by atoms with Gasteiger partial charge in [-0.1, -0.05) is 12.1 Å². The number of nitrogens with one attached hydrogen (secondary N) is 1. The Kier molecular flexibility index (Phi) is 4.27. The van der Waals surface area contributed by atoms with E-state index in [1.165, 1.54) is 0 Å². The van der Waals surface area contributed by atoms with Gasteiger partial charge in [0, 0.05) is 18.7 Å². The van der Waals surface area contributed by atoms with Crippen LogP contribution in [0.2, 0.25) is 0 Å². The Hall–Kier alpha value is -1.39. The van der Waals surface area contributed by atoms with Crippen molar-refractivity contribution in [3.8, 4) is 0 Å².